The molecule has 0 aromatic carbocycles. The molecule has 122 valence electrons. The van der Waals surface area contributed by atoms with Gasteiger partial charge in [-0.25, -0.2) is 4.79 Å². The van der Waals surface area contributed by atoms with Crippen LogP contribution in [-0.2, 0) is 4.79 Å². The molecule has 1 fully saturated rings. The summed E-state index contributed by atoms with van der Waals surface area (Å²) in [5, 5.41) is 11.8. The van der Waals surface area contributed by atoms with Gasteiger partial charge in [0.1, 0.15) is 0 Å². The second-order valence-corrected chi connectivity index (χ2v) is 6.17. The van der Waals surface area contributed by atoms with Crippen molar-refractivity contribution in [2.75, 3.05) is 26.7 Å². The van der Waals surface area contributed by atoms with Crippen molar-refractivity contribution in [3.05, 3.63) is 0 Å². The summed E-state index contributed by atoms with van der Waals surface area (Å²) >= 11 is 0. The number of carboxylic acids is 1. The molecule has 0 bridgehead atoms. The summed E-state index contributed by atoms with van der Waals surface area (Å²) in [6.07, 6.45) is 1.91. The minimum atomic E-state index is -0.882. The SMILES string of the molecule is CCN1CCC(N(C)C(=O)NC(CC(=O)O)C(C)C)CC1. The van der Waals surface area contributed by atoms with E-state index >= 15 is 0 Å². The maximum absolute atomic E-state index is 12.3. The van der Waals surface area contributed by atoms with Gasteiger partial charge in [-0.1, -0.05) is 20.8 Å². The van der Waals surface area contributed by atoms with Gasteiger partial charge in [-0.15, -0.1) is 0 Å². The van der Waals surface area contributed by atoms with E-state index in [1.54, 1.807) is 11.9 Å². The highest BCUT2D eigenvalue weighted by molar-refractivity contribution is 5.76. The van der Waals surface area contributed by atoms with Crippen LogP contribution in [0.1, 0.15) is 40.0 Å². The highest BCUT2D eigenvalue weighted by Gasteiger charge is 2.27. The van der Waals surface area contributed by atoms with Crippen molar-refractivity contribution in [3.63, 3.8) is 0 Å². The van der Waals surface area contributed by atoms with Crippen LogP contribution in [0.15, 0.2) is 0 Å². The van der Waals surface area contributed by atoms with Gasteiger partial charge in [0.2, 0.25) is 0 Å². The van der Waals surface area contributed by atoms with E-state index in [1.165, 1.54) is 0 Å². The Morgan fingerprint density at radius 3 is 2.33 bits per heavy atom. The first-order valence-electron chi connectivity index (χ1n) is 7.82. The Bertz CT molecular complexity index is 352. The Labute approximate surface area is 127 Å². The lowest BCUT2D eigenvalue weighted by atomic mass is 10.0. The van der Waals surface area contributed by atoms with Crippen molar-refractivity contribution in [1.29, 1.82) is 0 Å². The highest BCUT2D eigenvalue weighted by Crippen LogP contribution is 2.16. The van der Waals surface area contributed by atoms with E-state index in [0.29, 0.717) is 0 Å². The van der Waals surface area contributed by atoms with Gasteiger partial charge in [0.05, 0.1) is 6.42 Å². The topological polar surface area (TPSA) is 72.9 Å². The van der Waals surface area contributed by atoms with E-state index in [2.05, 4.69) is 17.1 Å². The number of hydrogen-bond acceptors (Lipinski definition) is 3. The van der Waals surface area contributed by atoms with Crippen molar-refractivity contribution in [1.82, 2.24) is 15.1 Å². The lowest BCUT2D eigenvalue weighted by Gasteiger charge is -2.37. The number of aliphatic carboxylic acids is 1. The lowest BCUT2D eigenvalue weighted by molar-refractivity contribution is -0.137. The van der Waals surface area contributed by atoms with Gasteiger partial charge >= 0.3 is 12.0 Å². The van der Waals surface area contributed by atoms with Gasteiger partial charge in [0.15, 0.2) is 0 Å². The molecule has 2 amide bonds. The largest absolute Gasteiger partial charge is 0.481 e. The van der Waals surface area contributed by atoms with Crippen LogP contribution in [-0.4, -0.2) is 65.7 Å². The quantitative estimate of drug-likeness (QED) is 0.781. The van der Waals surface area contributed by atoms with E-state index in [1.807, 2.05) is 13.8 Å². The van der Waals surface area contributed by atoms with Gasteiger partial charge in [-0.3, -0.25) is 4.79 Å². The molecule has 6 nitrogen and oxygen atoms in total. The number of likely N-dealkylation sites (tertiary alicyclic amines) is 1. The summed E-state index contributed by atoms with van der Waals surface area (Å²) in [4.78, 5) is 27.3. The molecule has 1 atom stereocenters. The average Bonchev–Trinajstić information content (AvgIpc) is 2.45. The first kappa shape index (κ1) is 17.8. The molecule has 1 aliphatic rings. The number of nitrogens with one attached hydrogen (secondary N) is 1. The van der Waals surface area contributed by atoms with Gasteiger partial charge in [0, 0.05) is 32.2 Å². The monoisotopic (exact) mass is 299 g/mol. The Morgan fingerprint density at radius 1 is 1.33 bits per heavy atom. The Hall–Kier alpha value is -1.30. The van der Waals surface area contributed by atoms with Crippen LogP contribution in [0.3, 0.4) is 0 Å². The molecule has 0 radical (unpaired) electrons. The van der Waals surface area contributed by atoms with Crippen molar-refractivity contribution in [2.45, 2.75) is 52.1 Å². The molecule has 0 saturated carbocycles. The van der Waals surface area contributed by atoms with E-state index in [-0.39, 0.29) is 30.5 Å². The lowest BCUT2D eigenvalue weighted by Crippen LogP contribution is -2.52. The maximum Gasteiger partial charge on any atom is 0.317 e. The number of carbonyl (C=O) groups excluding carboxylic acids is 1. The zero-order valence-corrected chi connectivity index (χ0v) is 13.6. The number of urea groups is 1. The smallest absolute Gasteiger partial charge is 0.317 e. The van der Waals surface area contributed by atoms with Crippen molar-refractivity contribution in [3.8, 4) is 0 Å². The fourth-order valence-electron chi connectivity index (χ4n) is 2.69. The molecule has 1 aliphatic heterocycles. The molecular formula is C15H29N3O3. The molecule has 0 aliphatic carbocycles. The van der Waals surface area contributed by atoms with E-state index < -0.39 is 5.97 Å². The number of rotatable bonds is 6. The summed E-state index contributed by atoms with van der Waals surface area (Å²) in [5.74, 6) is -0.784. The van der Waals surface area contributed by atoms with Crippen LogP contribution in [0.4, 0.5) is 4.79 Å². The van der Waals surface area contributed by atoms with Gasteiger partial charge < -0.3 is 20.2 Å². The van der Waals surface area contributed by atoms with Gasteiger partial charge in [-0.2, -0.15) is 0 Å². The molecular weight excluding hydrogens is 270 g/mol. The molecule has 0 spiro atoms. The molecule has 1 saturated heterocycles. The number of hydrogen-bond donors (Lipinski definition) is 2. The number of nitrogens with zero attached hydrogens (tertiary/aromatic N) is 2. The Morgan fingerprint density at radius 2 is 1.90 bits per heavy atom. The summed E-state index contributed by atoms with van der Waals surface area (Å²) in [7, 11) is 1.81. The highest BCUT2D eigenvalue weighted by atomic mass is 16.4. The Balaban J connectivity index is 2.51. The molecule has 1 rings (SSSR count). The average molecular weight is 299 g/mol. The molecule has 2 N–H and O–H groups in total. The predicted octanol–water partition coefficient (Wildman–Crippen LogP) is 1.61. The zero-order chi connectivity index (χ0) is 16.0. The summed E-state index contributed by atoms with van der Waals surface area (Å²) < 4.78 is 0. The molecule has 0 aromatic heterocycles. The van der Waals surface area contributed by atoms with Crippen LogP contribution < -0.4 is 5.32 Å². The first-order chi connectivity index (χ1) is 9.85. The van der Waals surface area contributed by atoms with Crippen LogP contribution in [0.25, 0.3) is 0 Å². The summed E-state index contributed by atoms with van der Waals surface area (Å²) in [6, 6.07) is -0.247. The van der Waals surface area contributed by atoms with Crippen molar-refractivity contribution in [2.24, 2.45) is 5.92 Å². The summed E-state index contributed by atoms with van der Waals surface area (Å²) in [6.45, 7) is 9.08. The zero-order valence-electron chi connectivity index (χ0n) is 13.6. The second-order valence-electron chi connectivity index (χ2n) is 6.17. The number of carbonyl (C=O) groups is 2. The normalized spacial score (nSPS) is 18.5. The maximum atomic E-state index is 12.3. The molecule has 21 heavy (non-hydrogen) atoms. The van der Waals surface area contributed by atoms with E-state index in [0.717, 1.165) is 32.5 Å². The van der Waals surface area contributed by atoms with Crippen LogP contribution in [0.5, 0.6) is 0 Å². The molecule has 0 aromatic rings. The van der Waals surface area contributed by atoms with Crippen LogP contribution in [0.2, 0.25) is 0 Å². The van der Waals surface area contributed by atoms with E-state index in [9.17, 15) is 9.59 Å². The third kappa shape index (κ3) is 5.53. The second kappa shape index (κ2) is 8.22. The van der Waals surface area contributed by atoms with Gasteiger partial charge in [-0.05, 0) is 25.3 Å². The third-order valence-electron chi connectivity index (χ3n) is 4.38. The number of piperidine rings is 1. The third-order valence-corrected chi connectivity index (χ3v) is 4.38. The minimum Gasteiger partial charge on any atom is -0.481 e. The van der Waals surface area contributed by atoms with Gasteiger partial charge in [0.25, 0.3) is 0 Å². The van der Waals surface area contributed by atoms with Crippen molar-refractivity contribution >= 4 is 12.0 Å². The standard InChI is InChI=1S/C15H29N3O3/c1-5-18-8-6-12(7-9-18)17(4)15(21)16-13(11(2)3)10-14(19)20/h11-13H,5-10H2,1-4H3,(H,16,21)(H,19,20). The van der Waals surface area contributed by atoms with E-state index in [4.69, 9.17) is 5.11 Å². The number of carboxylic acid groups (broad SMARTS) is 1. The number of amides is 2. The molecule has 6 heteroatoms. The first-order valence-corrected chi connectivity index (χ1v) is 7.82. The molecule has 1 heterocycles. The minimum absolute atomic E-state index is 0.0362. The molecule has 1 unspecified atom stereocenters. The predicted molar refractivity (Wildman–Crippen MR) is 82.3 cm³/mol. The van der Waals surface area contributed by atoms with Crippen LogP contribution >= 0.6 is 0 Å². The fourth-order valence-corrected chi connectivity index (χ4v) is 2.69. The Kier molecular flexibility index (Phi) is 6.95. The summed E-state index contributed by atoms with van der Waals surface area (Å²) in [5.41, 5.74) is 0. The van der Waals surface area contributed by atoms with Crippen LogP contribution in [0, 0.1) is 5.92 Å². The van der Waals surface area contributed by atoms with Crippen molar-refractivity contribution < 1.29 is 14.7 Å². The fraction of sp³-hybridized carbons (Fsp3) is 0.867.